The molecule has 1 aromatic heterocycles. The van der Waals surface area contributed by atoms with Gasteiger partial charge in [-0.2, -0.15) is 10.2 Å². The average molecular weight is 574 g/mol. The Morgan fingerprint density at radius 2 is 1.12 bits per heavy atom. The minimum absolute atomic E-state index is 0.766. The molecule has 0 aliphatic heterocycles. The van der Waals surface area contributed by atoms with E-state index in [2.05, 4.69) is 58.5 Å². The highest BCUT2D eigenvalue weighted by molar-refractivity contribution is 5.43. The highest BCUT2D eigenvalue weighted by atomic mass is 16.7. The minimum Gasteiger partial charge on any atom is -0.494 e. The summed E-state index contributed by atoms with van der Waals surface area (Å²) in [5, 5.41) is 8.80. The third kappa shape index (κ3) is 14.0. The van der Waals surface area contributed by atoms with Crippen molar-refractivity contribution in [2.45, 2.75) is 96.8 Å². The van der Waals surface area contributed by atoms with Crippen LogP contribution in [0.1, 0.15) is 96.0 Å². The number of benzene rings is 2. The largest absolute Gasteiger partial charge is 0.494 e. The molecule has 3 rings (SSSR count). The molecule has 3 aromatic rings. The van der Waals surface area contributed by atoms with Crippen molar-refractivity contribution in [2.75, 3.05) is 32.2 Å². The van der Waals surface area contributed by atoms with Crippen molar-refractivity contribution in [3.63, 3.8) is 0 Å². The van der Waals surface area contributed by atoms with Gasteiger partial charge < -0.3 is 9.64 Å². The van der Waals surface area contributed by atoms with Crippen molar-refractivity contribution >= 4 is 17.1 Å². The number of hydrogen-bond acceptors (Lipinski definition) is 5. The number of rotatable bonds is 22. The van der Waals surface area contributed by atoms with Crippen molar-refractivity contribution in [1.82, 2.24) is 0 Å². The van der Waals surface area contributed by atoms with Crippen LogP contribution >= 0.6 is 0 Å². The number of unbranched alkanes of at least 4 members (excludes halogenated alkanes) is 11. The lowest BCUT2D eigenvalue weighted by Crippen LogP contribution is -2.42. The normalized spacial score (nSPS) is 11.2. The molecule has 228 valence electrons. The van der Waals surface area contributed by atoms with Gasteiger partial charge in [0.2, 0.25) is 12.4 Å². The van der Waals surface area contributed by atoms with Gasteiger partial charge in [-0.25, -0.2) is 0 Å². The number of nitrogens with zero attached hydrogens (tertiary/aromatic N) is 4. The van der Waals surface area contributed by atoms with Gasteiger partial charge in [-0.15, -0.1) is 0 Å². The van der Waals surface area contributed by atoms with E-state index in [1.165, 1.54) is 81.9 Å². The zero-order valence-electron chi connectivity index (χ0n) is 26.3. The molecule has 0 N–H and O–H groups in total. The first kappa shape index (κ1) is 33.1. The van der Waals surface area contributed by atoms with Crippen LogP contribution in [-0.2, 0) is 6.42 Å². The highest BCUT2D eigenvalue weighted by Gasteiger charge is 2.03. The first-order chi connectivity index (χ1) is 20.6. The van der Waals surface area contributed by atoms with Crippen LogP contribution in [0.25, 0.3) is 0 Å². The Balaban J connectivity index is 1.19. The predicted octanol–water partition coefficient (Wildman–Crippen LogP) is 9.60. The average Bonchev–Trinajstić information content (AvgIpc) is 3.02. The molecule has 0 atom stereocenters. The van der Waals surface area contributed by atoms with E-state index in [9.17, 15) is 0 Å². The van der Waals surface area contributed by atoms with Crippen LogP contribution in [0.15, 0.2) is 83.3 Å². The van der Waals surface area contributed by atoms with E-state index in [0.717, 1.165) is 49.6 Å². The summed E-state index contributed by atoms with van der Waals surface area (Å²) in [5.74, 6) is 0.901. The molecule has 0 unspecified atom stereocenters. The van der Waals surface area contributed by atoms with Gasteiger partial charge in [0.05, 0.1) is 18.0 Å². The molecule has 0 bridgehead atoms. The van der Waals surface area contributed by atoms with Gasteiger partial charge >= 0.3 is 0 Å². The molecule has 0 aliphatic carbocycles. The molecular formula is C36H53N4O2+. The Morgan fingerprint density at radius 3 is 1.71 bits per heavy atom. The third-order valence-electron chi connectivity index (χ3n) is 7.47. The van der Waals surface area contributed by atoms with Crippen molar-refractivity contribution in [3.05, 3.63) is 78.6 Å². The fraction of sp³-hybridized carbons (Fsp3) is 0.528. The van der Waals surface area contributed by atoms with Crippen molar-refractivity contribution < 1.29 is 14.3 Å². The molecular weight excluding hydrogens is 520 g/mol. The number of ether oxygens (including phenoxy) is 1. The molecule has 6 heteroatoms. The summed E-state index contributed by atoms with van der Waals surface area (Å²) in [6.45, 7) is 3.80. The van der Waals surface area contributed by atoms with E-state index in [-0.39, 0.29) is 0 Å². The molecule has 0 amide bonds. The zero-order valence-corrected chi connectivity index (χ0v) is 26.3. The Labute approximate surface area is 254 Å². The second kappa shape index (κ2) is 20.5. The van der Waals surface area contributed by atoms with Crippen LogP contribution in [-0.4, -0.2) is 27.3 Å². The van der Waals surface area contributed by atoms with Crippen molar-refractivity contribution in [3.8, 4) is 5.75 Å². The maximum atomic E-state index is 5.86. The quantitative estimate of drug-likeness (QED) is 0.0683. The van der Waals surface area contributed by atoms with Crippen molar-refractivity contribution in [2.24, 2.45) is 10.2 Å². The molecule has 0 saturated heterocycles. The predicted molar refractivity (Wildman–Crippen MR) is 174 cm³/mol. The molecule has 0 radical (unpaired) electrons. The molecule has 0 saturated carbocycles. The fourth-order valence-electron chi connectivity index (χ4n) is 4.80. The van der Waals surface area contributed by atoms with Gasteiger partial charge in [-0.3, -0.25) is 4.84 Å². The van der Waals surface area contributed by atoms with E-state index in [1.54, 1.807) is 4.73 Å². The Kier molecular flexibility index (Phi) is 16.1. The van der Waals surface area contributed by atoms with E-state index in [1.807, 2.05) is 50.8 Å². The summed E-state index contributed by atoms with van der Waals surface area (Å²) in [5.41, 5.74) is 4.27. The number of pyridine rings is 1. The van der Waals surface area contributed by atoms with Gasteiger partial charge in [0, 0.05) is 36.6 Å². The topological polar surface area (TPSA) is 50.3 Å². The maximum absolute atomic E-state index is 5.86. The summed E-state index contributed by atoms with van der Waals surface area (Å²) < 4.78 is 7.66. The van der Waals surface area contributed by atoms with Crippen molar-refractivity contribution in [1.29, 1.82) is 0 Å². The lowest BCUT2D eigenvalue weighted by molar-refractivity contribution is -0.891. The third-order valence-corrected chi connectivity index (χ3v) is 7.47. The summed E-state index contributed by atoms with van der Waals surface area (Å²) in [4.78, 5) is 7.88. The fourth-order valence-corrected chi connectivity index (χ4v) is 4.80. The van der Waals surface area contributed by atoms with Gasteiger partial charge in [0.25, 0.3) is 0 Å². The summed E-state index contributed by atoms with van der Waals surface area (Å²) >= 11 is 0. The number of anilines is 1. The molecule has 6 nitrogen and oxygen atoms in total. The molecule has 0 aliphatic rings. The first-order valence-corrected chi connectivity index (χ1v) is 16.2. The molecule has 1 heterocycles. The number of azo groups is 1. The maximum Gasteiger partial charge on any atom is 0.224 e. The summed E-state index contributed by atoms with van der Waals surface area (Å²) in [7, 11) is 4.09. The highest BCUT2D eigenvalue weighted by Crippen LogP contribution is 2.22. The smallest absolute Gasteiger partial charge is 0.224 e. The second-order valence-corrected chi connectivity index (χ2v) is 11.3. The summed E-state index contributed by atoms with van der Waals surface area (Å²) in [6, 6.07) is 20.5. The van der Waals surface area contributed by atoms with Gasteiger partial charge in [0.15, 0.2) is 6.61 Å². The molecule has 2 aromatic carbocycles. The Hall–Kier alpha value is -3.41. The number of hydrogen-bond donors (Lipinski definition) is 0. The van der Waals surface area contributed by atoms with Crippen LogP contribution in [0.5, 0.6) is 5.75 Å². The number of aryl methyl sites for hydroxylation is 1. The van der Waals surface area contributed by atoms with E-state index in [4.69, 9.17) is 9.57 Å². The van der Waals surface area contributed by atoms with Gasteiger partial charge in [0.1, 0.15) is 5.75 Å². The monoisotopic (exact) mass is 573 g/mol. The molecule has 0 fully saturated rings. The van der Waals surface area contributed by atoms with Crippen LogP contribution in [0, 0.1) is 0 Å². The van der Waals surface area contributed by atoms with Gasteiger partial charge in [-0.1, -0.05) is 76.8 Å². The molecule has 42 heavy (non-hydrogen) atoms. The lowest BCUT2D eigenvalue weighted by Gasteiger charge is -2.09. The SMILES string of the molecule is CCCCCCCCOc1ccc(N=Nc2ccc(CCCCCCCCCO[n+]3ccc(N(C)C)cc3)cc2)cc1. The minimum atomic E-state index is 0.766. The lowest BCUT2D eigenvalue weighted by atomic mass is 10.0. The van der Waals surface area contributed by atoms with E-state index < -0.39 is 0 Å². The second-order valence-electron chi connectivity index (χ2n) is 11.3. The molecule has 0 spiro atoms. The Bertz CT molecular complexity index is 1110. The standard InChI is InChI=1S/C36H53N4O2/c1-4-5-6-7-12-15-30-41-36-24-22-34(23-25-36)38-37-33-20-18-32(19-21-33)17-14-11-9-8-10-13-16-31-42-40-28-26-35(27-29-40)39(2)3/h18-29H,4-17,30-31H2,1-3H3/q+1. The van der Waals surface area contributed by atoms with Crippen LogP contribution in [0.3, 0.4) is 0 Å². The first-order valence-electron chi connectivity index (χ1n) is 16.2. The van der Waals surface area contributed by atoms with E-state index >= 15 is 0 Å². The van der Waals surface area contributed by atoms with Crippen LogP contribution < -0.4 is 19.2 Å². The van der Waals surface area contributed by atoms with E-state index in [0.29, 0.717) is 0 Å². The Morgan fingerprint density at radius 1 is 0.595 bits per heavy atom. The van der Waals surface area contributed by atoms with Crippen LogP contribution in [0.2, 0.25) is 0 Å². The number of aromatic nitrogens is 1. The van der Waals surface area contributed by atoms with Gasteiger partial charge in [-0.05, 0) is 74.1 Å². The summed E-state index contributed by atoms with van der Waals surface area (Å²) in [6.07, 6.45) is 21.4. The zero-order chi connectivity index (χ0) is 29.7. The van der Waals surface area contributed by atoms with Crippen LogP contribution in [0.4, 0.5) is 17.1 Å².